The van der Waals surface area contributed by atoms with E-state index in [1.165, 1.54) is 0 Å². The third-order valence-corrected chi connectivity index (χ3v) is 2.32. The summed E-state index contributed by atoms with van der Waals surface area (Å²) in [5, 5.41) is 0. The van der Waals surface area contributed by atoms with Crippen LogP contribution < -0.4 is 0 Å². The number of cyclic esters (lactones) is 1. The van der Waals surface area contributed by atoms with Crippen molar-refractivity contribution in [1.82, 2.24) is 0 Å². The van der Waals surface area contributed by atoms with Gasteiger partial charge in [0.05, 0.1) is 6.61 Å². The lowest BCUT2D eigenvalue weighted by molar-refractivity contribution is -0.149. The Balaban J connectivity index is 2.20. The zero-order valence-electron chi connectivity index (χ0n) is 9.24. The molecule has 0 bridgehead atoms. The smallest absolute Gasteiger partial charge is 0.332 e. The normalized spacial score (nSPS) is 21.7. The summed E-state index contributed by atoms with van der Waals surface area (Å²) in [5.74, 6) is -0.234. The fourth-order valence-electron chi connectivity index (χ4n) is 1.45. The third-order valence-electron chi connectivity index (χ3n) is 2.32. The topological polar surface area (TPSA) is 35.5 Å². The second-order valence-electron chi connectivity index (χ2n) is 3.74. The molecule has 1 heterocycles. The van der Waals surface area contributed by atoms with Crippen molar-refractivity contribution < 1.29 is 14.3 Å². The Morgan fingerprint density at radius 2 is 1.60 bits per heavy atom. The highest BCUT2D eigenvalue weighted by Gasteiger charge is 2.02. The van der Waals surface area contributed by atoms with Crippen molar-refractivity contribution in [2.24, 2.45) is 0 Å². The van der Waals surface area contributed by atoms with E-state index in [1.807, 2.05) is 0 Å². The Morgan fingerprint density at radius 3 is 2.33 bits per heavy atom. The lowest BCUT2D eigenvalue weighted by Gasteiger charge is -2.06. The largest absolute Gasteiger partial charge is 0.464 e. The molecule has 0 aromatic carbocycles. The molecule has 0 saturated carbocycles. The van der Waals surface area contributed by atoms with Crippen LogP contribution in [0.5, 0.6) is 0 Å². The summed E-state index contributed by atoms with van der Waals surface area (Å²) in [6, 6.07) is 0. The monoisotopic (exact) mass is 212 g/mol. The first-order chi connectivity index (χ1) is 7.39. The summed E-state index contributed by atoms with van der Waals surface area (Å²) >= 11 is 0. The number of rotatable bonds is 0. The standard InChI is InChI=1S/C12H20O3/c13-12-11-14-9-7-5-3-1-2-4-6-8-10-15-12/h1-2H,3-11H2. The van der Waals surface area contributed by atoms with Gasteiger partial charge < -0.3 is 9.47 Å². The van der Waals surface area contributed by atoms with Gasteiger partial charge in [-0.05, 0) is 38.5 Å². The molecule has 1 aliphatic rings. The summed E-state index contributed by atoms with van der Waals surface area (Å²) in [6.45, 7) is 1.29. The maximum absolute atomic E-state index is 11.1. The van der Waals surface area contributed by atoms with E-state index in [0.29, 0.717) is 13.2 Å². The molecule has 0 N–H and O–H groups in total. The van der Waals surface area contributed by atoms with Crippen molar-refractivity contribution in [2.45, 2.75) is 38.5 Å². The number of esters is 1. The van der Waals surface area contributed by atoms with Crippen molar-refractivity contribution in [3.05, 3.63) is 12.2 Å². The molecule has 3 nitrogen and oxygen atoms in total. The first-order valence-corrected chi connectivity index (χ1v) is 5.78. The quantitative estimate of drug-likeness (QED) is 0.457. The first kappa shape index (κ1) is 12.2. The summed E-state index contributed by atoms with van der Waals surface area (Å²) in [7, 11) is 0. The van der Waals surface area contributed by atoms with E-state index in [9.17, 15) is 4.79 Å². The van der Waals surface area contributed by atoms with Crippen molar-refractivity contribution in [1.29, 1.82) is 0 Å². The van der Waals surface area contributed by atoms with Gasteiger partial charge in [-0.1, -0.05) is 12.2 Å². The predicted octanol–water partition coefficient (Wildman–Crippen LogP) is 2.46. The Kier molecular flexibility index (Phi) is 6.92. The molecule has 1 rings (SSSR count). The molecular weight excluding hydrogens is 192 g/mol. The zero-order chi connectivity index (χ0) is 10.8. The van der Waals surface area contributed by atoms with Gasteiger partial charge in [-0.3, -0.25) is 0 Å². The lowest BCUT2D eigenvalue weighted by atomic mass is 10.2. The summed E-state index contributed by atoms with van der Waals surface area (Å²) in [4.78, 5) is 11.1. The third kappa shape index (κ3) is 7.14. The van der Waals surface area contributed by atoms with E-state index in [2.05, 4.69) is 12.2 Å². The molecule has 1 aliphatic heterocycles. The SMILES string of the molecule is O=C1COCCCCC=CCCCCO1. The fourth-order valence-corrected chi connectivity index (χ4v) is 1.45. The lowest BCUT2D eigenvalue weighted by Crippen LogP contribution is -2.14. The number of carbonyl (C=O) groups is 1. The molecule has 0 aromatic heterocycles. The second-order valence-corrected chi connectivity index (χ2v) is 3.74. The van der Waals surface area contributed by atoms with Crippen LogP contribution in [0.4, 0.5) is 0 Å². The van der Waals surface area contributed by atoms with E-state index >= 15 is 0 Å². The van der Waals surface area contributed by atoms with Gasteiger partial charge in [-0.15, -0.1) is 0 Å². The van der Waals surface area contributed by atoms with Crippen LogP contribution in [-0.4, -0.2) is 25.8 Å². The molecule has 0 fully saturated rings. The molecule has 0 radical (unpaired) electrons. The molecule has 0 spiro atoms. The van der Waals surface area contributed by atoms with E-state index in [-0.39, 0.29) is 12.6 Å². The Hall–Kier alpha value is -0.830. The Labute approximate surface area is 91.4 Å². The van der Waals surface area contributed by atoms with Gasteiger partial charge in [0.25, 0.3) is 0 Å². The average molecular weight is 212 g/mol. The van der Waals surface area contributed by atoms with Crippen LogP contribution in [0.3, 0.4) is 0 Å². The molecule has 0 saturated heterocycles. The van der Waals surface area contributed by atoms with Gasteiger partial charge in [0.2, 0.25) is 0 Å². The zero-order valence-corrected chi connectivity index (χ0v) is 9.24. The van der Waals surface area contributed by atoms with Crippen molar-refractivity contribution in [3.8, 4) is 0 Å². The molecule has 0 amide bonds. The molecular formula is C12H20O3. The second kappa shape index (κ2) is 8.48. The number of hydrogen-bond donors (Lipinski definition) is 0. The van der Waals surface area contributed by atoms with Gasteiger partial charge in [0.15, 0.2) is 0 Å². The summed E-state index contributed by atoms with van der Waals surface area (Å²) in [5.41, 5.74) is 0. The van der Waals surface area contributed by atoms with Crippen molar-refractivity contribution >= 4 is 5.97 Å². The minimum absolute atomic E-state index is 0.107. The highest BCUT2D eigenvalue weighted by atomic mass is 16.6. The van der Waals surface area contributed by atoms with Gasteiger partial charge in [0, 0.05) is 6.61 Å². The maximum atomic E-state index is 11.1. The van der Waals surface area contributed by atoms with Gasteiger partial charge in [-0.25, -0.2) is 4.79 Å². The van der Waals surface area contributed by atoms with Crippen LogP contribution in [0.15, 0.2) is 12.2 Å². The van der Waals surface area contributed by atoms with Crippen LogP contribution in [0.25, 0.3) is 0 Å². The highest BCUT2D eigenvalue weighted by molar-refractivity contribution is 5.70. The Bertz CT molecular complexity index is 199. The molecule has 15 heavy (non-hydrogen) atoms. The maximum Gasteiger partial charge on any atom is 0.332 e. The van der Waals surface area contributed by atoms with Crippen LogP contribution >= 0.6 is 0 Å². The van der Waals surface area contributed by atoms with E-state index in [4.69, 9.17) is 9.47 Å². The minimum atomic E-state index is -0.234. The van der Waals surface area contributed by atoms with Crippen LogP contribution in [0.2, 0.25) is 0 Å². The van der Waals surface area contributed by atoms with Gasteiger partial charge in [-0.2, -0.15) is 0 Å². The molecule has 86 valence electrons. The molecule has 0 unspecified atom stereocenters. The van der Waals surface area contributed by atoms with Crippen LogP contribution in [-0.2, 0) is 14.3 Å². The molecule has 3 heteroatoms. The van der Waals surface area contributed by atoms with Crippen LogP contribution in [0, 0.1) is 0 Å². The molecule has 0 atom stereocenters. The predicted molar refractivity (Wildman–Crippen MR) is 58.6 cm³/mol. The van der Waals surface area contributed by atoms with Crippen LogP contribution in [0.1, 0.15) is 38.5 Å². The van der Waals surface area contributed by atoms with E-state index in [0.717, 1.165) is 38.5 Å². The van der Waals surface area contributed by atoms with Gasteiger partial charge >= 0.3 is 5.97 Å². The minimum Gasteiger partial charge on any atom is -0.464 e. The fraction of sp³-hybridized carbons (Fsp3) is 0.750. The van der Waals surface area contributed by atoms with E-state index in [1.54, 1.807) is 0 Å². The van der Waals surface area contributed by atoms with Gasteiger partial charge in [0.1, 0.15) is 6.61 Å². The number of carbonyl (C=O) groups excluding carboxylic acids is 1. The average Bonchev–Trinajstić information content (AvgIpc) is 2.24. The Morgan fingerprint density at radius 1 is 0.933 bits per heavy atom. The number of allylic oxidation sites excluding steroid dienone is 2. The number of hydrogen-bond acceptors (Lipinski definition) is 3. The van der Waals surface area contributed by atoms with Crippen molar-refractivity contribution in [3.63, 3.8) is 0 Å². The van der Waals surface area contributed by atoms with Crippen molar-refractivity contribution in [2.75, 3.05) is 19.8 Å². The van der Waals surface area contributed by atoms with E-state index < -0.39 is 0 Å². The number of ether oxygens (including phenoxy) is 2. The first-order valence-electron chi connectivity index (χ1n) is 5.78. The summed E-state index contributed by atoms with van der Waals surface area (Å²) < 4.78 is 10.2. The highest BCUT2D eigenvalue weighted by Crippen LogP contribution is 2.02. The summed E-state index contributed by atoms with van der Waals surface area (Å²) in [6.07, 6.45) is 10.8. The molecule has 0 aliphatic carbocycles. The molecule has 0 aromatic rings.